The van der Waals surface area contributed by atoms with Gasteiger partial charge in [0.1, 0.15) is 0 Å². The van der Waals surface area contributed by atoms with E-state index < -0.39 is 16.0 Å². The summed E-state index contributed by atoms with van der Waals surface area (Å²) in [6, 6.07) is 9.04. The highest BCUT2D eigenvalue weighted by molar-refractivity contribution is 9.10. The summed E-state index contributed by atoms with van der Waals surface area (Å²) in [5.74, 6) is -1.31. The second kappa shape index (κ2) is 4.58. The summed E-state index contributed by atoms with van der Waals surface area (Å²) in [7, 11) is -3.89. The van der Waals surface area contributed by atoms with Gasteiger partial charge in [0.25, 0.3) is 10.0 Å². The molecule has 1 aromatic carbocycles. The maximum Gasteiger partial charge on any atom is 0.354 e. The SMILES string of the molecule is O=C(O)c1c(Br)ccn1S(=O)(=O)c1ccccc1. The van der Waals surface area contributed by atoms with E-state index in [1.165, 1.54) is 24.4 Å². The highest BCUT2D eigenvalue weighted by Crippen LogP contribution is 2.23. The van der Waals surface area contributed by atoms with E-state index in [4.69, 9.17) is 5.11 Å². The van der Waals surface area contributed by atoms with E-state index in [9.17, 15) is 13.2 Å². The van der Waals surface area contributed by atoms with E-state index in [1.807, 2.05) is 0 Å². The van der Waals surface area contributed by atoms with Crippen molar-refractivity contribution in [3.63, 3.8) is 0 Å². The predicted octanol–water partition coefficient (Wildman–Crippen LogP) is 2.19. The normalized spacial score (nSPS) is 11.4. The molecule has 0 atom stereocenters. The van der Waals surface area contributed by atoms with Crippen molar-refractivity contribution in [2.24, 2.45) is 0 Å². The third-order valence-corrected chi connectivity index (χ3v) is 4.64. The molecule has 0 saturated carbocycles. The molecular weight excluding hydrogens is 322 g/mol. The molecule has 0 aliphatic rings. The van der Waals surface area contributed by atoms with Gasteiger partial charge >= 0.3 is 5.97 Å². The van der Waals surface area contributed by atoms with Crippen LogP contribution >= 0.6 is 15.9 Å². The summed E-state index contributed by atoms with van der Waals surface area (Å²) in [6.07, 6.45) is 1.20. The molecule has 0 saturated heterocycles. The van der Waals surface area contributed by atoms with Gasteiger partial charge in [0.05, 0.1) is 9.37 Å². The number of carboxylic acids is 1. The van der Waals surface area contributed by atoms with Gasteiger partial charge in [0.15, 0.2) is 5.69 Å². The molecule has 0 aliphatic carbocycles. The molecule has 2 aromatic rings. The molecule has 0 amide bonds. The lowest BCUT2D eigenvalue weighted by Gasteiger charge is -2.08. The zero-order valence-corrected chi connectivity index (χ0v) is 11.3. The van der Waals surface area contributed by atoms with Gasteiger partial charge in [-0.15, -0.1) is 0 Å². The van der Waals surface area contributed by atoms with Gasteiger partial charge in [-0.05, 0) is 34.1 Å². The minimum atomic E-state index is -3.89. The average Bonchev–Trinajstić information content (AvgIpc) is 2.73. The van der Waals surface area contributed by atoms with Crippen molar-refractivity contribution in [3.8, 4) is 0 Å². The fourth-order valence-electron chi connectivity index (χ4n) is 1.49. The van der Waals surface area contributed by atoms with Crippen LogP contribution in [0.5, 0.6) is 0 Å². The molecule has 18 heavy (non-hydrogen) atoms. The quantitative estimate of drug-likeness (QED) is 0.936. The molecule has 1 aromatic heterocycles. The lowest BCUT2D eigenvalue weighted by Crippen LogP contribution is -2.17. The van der Waals surface area contributed by atoms with Gasteiger partial charge in [0, 0.05) is 6.20 Å². The fourth-order valence-corrected chi connectivity index (χ4v) is 3.46. The zero-order valence-electron chi connectivity index (χ0n) is 8.95. The molecule has 2 rings (SSSR count). The summed E-state index contributed by atoms with van der Waals surface area (Å²) in [5.41, 5.74) is -0.321. The number of nitrogens with zero attached hydrogens (tertiary/aromatic N) is 1. The Morgan fingerprint density at radius 3 is 2.33 bits per heavy atom. The number of benzene rings is 1. The Bertz CT molecular complexity index is 691. The van der Waals surface area contributed by atoms with Crippen molar-refractivity contribution in [3.05, 3.63) is 52.8 Å². The van der Waals surface area contributed by atoms with Gasteiger partial charge < -0.3 is 5.11 Å². The van der Waals surface area contributed by atoms with Gasteiger partial charge in [-0.2, -0.15) is 0 Å². The molecule has 0 spiro atoms. The smallest absolute Gasteiger partial charge is 0.354 e. The van der Waals surface area contributed by atoms with E-state index in [0.717, 1.165) is 3.97 Å². The monoisotopic (exact) mass is 329 g/mol. The first-order valence-corrected chi connectivity index (χ1v) is 7.08. The highest BCUT2D eigenvalue weighted by Gasteiger charge is 2.24. The van der Waals surface area contributed by atoms with Crippen molar-refractivity contribution >= 4 is 31.9 Å². The van der Waals surface area contributed by atoms with Crippen molar-refractivity contribution < 1.29 is 18.3 Å². The van der Waals surface area contributed by atoms with Gasteiger partial charge in [-0.1, -0.05) is 18.2 Å². The summed E-state index contributed by atoms with van der Waals surface area (Å²) in [5, 5.41) is 9.03. The minimum Gasteiger partial charge on any atom is -0.477 e. The molecule has 0 fully saturated rings. The first kappa shape index (κ1) is 12.8. The molecule has 5 nitrogen and oxygen atoms in total. The van der Waals surface area contributed by atoms with Crippen LogP contribution in [0.2, 0.25) is 0 Å². The lowest BCUT2D eigenvalue weighted by atomic mass is 10.4. The Hall–Kier alpha value is -1.60. The number of hydrogen-bond donors (Lipinski definition) is 1. The summed E-state index contributed by atoms with van der Waals surface area (Å²) in [4.78, 5) is 11.1. The maximum atomic E-state index is 12.3. The van der Waals surface area contributed by atoms with E-state index in [-0.39, 0.29) is 15.1 Å². The van der Waals surface area contributed by atoms with Crippen molar-refractivity contribution in [1.82, 2.24) is 3.97 Å². The van der Waals surface area contributed by atoms with E-state index in [2.05, 4.69) is 15.9 Å². The first-order valence-electron chi connectivity index (χ1n) is 4.85. The molecule has 1 N–H and O–H groups in total. The zero-order chi connectivity index (χ0) is 13.3. The van der Waals surface area contributed by atoms with Gasteiger partial charge in [-0.3, -0.25) is 0 Å². The molecular formula is C11H8BrNO4S. The van der Waals surface area contributed by atoms with Crippen LogP contribution in [0.25, 0.3) is 0 Å². The van der Waals surface area contributed by atoms with E-state index in [1.54, 1.807) is 18.2 Å². The fraction of sp³-hybridized carbons (Fsp3) is 0. The Morgan fingerprint density at radius 1 is 1.17 bits per heavy atom. The van der Waals surface area contributed by atoms with Crippen molar-refractivity contribution in [1.29, 1.82) is 0 Å². The Kier molecular flexibility index (Phi) is 3.27. The van der Waals surface area contributed by atoms with Crippen LogP contribution in [0, 0.1) is 0 Å². The second-order valence-electron chi connectivity index (χ2n) is 3.43. The van der Waals surface area contributed by atoms with Gasteiger partial charge in [0.2, 0.25) is 0 Å². The lowest BCUT2D eigenvalue weighted by molar-refractivity contribution is 0.0688. The molecule has 0 bridgehead atoms. The van der Waals surface area contributed by atoms with Gasteiger partial charge in [-0.25, -0.2) is 17.2 Å². The number of carbonyl (C=O) groups is 1. The third-order valence-electron chi connectivity index (χ3n) is 2.31. The maximum absolute atomic E-state index is 12.3. The summed E-state index contributed by atoms with van der Waals surface area (Å²) in [6.45, 7) is 0. The standard InChI is InChI=1S/C11H8BrNO4S/c12-9-6-7-13(10(9)11(14)15)18(16,17)8-4-2-1-3-5-8/h1-7H,(H,14,15). The van der Waals surface area contributed by atoms with Crippen LogP contribution in [0.15, 0.2) is 52.0 Å². The molecule has 1 heterocycles. The number of aromatic carboxylic acids is 1. The molecule has 0 radical (unpaired) electrons. The van der Waals surface area contributed by atoms with E-state index >= 15 is 0 Å². The average molecular weight is 330 g/mol. The van der Waals surface area contributed by atoms with Crippen molar-refractivity contribution in [2.75, 3.05) is 0 Å². The van der Waals surface area contributed by atoms with Crippen LogP contribution in [-0.4, -0.2) is 23.5 Å². The van der Waals surface area contributed by atoms with Crippen LogP contribution < -0.4 is 0 Å². The van der Waals surface area contributed by atoms with Crippen LogP contribution in [-0.2, 0) is 10.0 Å². The minimum absolute atomic E-state index is 0.0376. The summed E-state index contributed by atoms with van der Waals surface area (Å²) >= 11 is 3.02. The van der Waals surface area contributed by atoms with E-state index in [0.29, 0.717) is 0 Å². The number of rotatable bonds is 3. The van der Waals surface area contributed by atoms with Crippen LogP contribution in [0.3, 0.4) is 0 Å². The number of aromatic nitrogens is 1. The van der Waals surface area contributed by atoms with Crippen LogP contribution in [0.4, 0.5) is 0 Å². The summed E-state index contributed by atoms with van der Waals surface area (Å²) < 4.78 is 25.5. The number of hydrogen-bond acceptors (Lipinski definition) is 3. The second-order valence-corrected chi connectivity index (χ2v) is 6.10. The topological polar surface area (TPSA) is 76.4 Å². The molecule has 7 heteroatoms. The molecule has 0 aliphatic heterocycles. The highest BCUT2D eigenvalue weighted by atomic mass is 79.9. The first-order chi connectivity index (χ1) is 8.44. The molecule has 0 unspecified atom stereocenters. The number of halogens is 1. The number of carboxylic acid groups (broad SMARTS) is 1. The van der Waals surface area contributed by atoms with Crippen molar-refractivity contribution in [2.45, 2.75) is 4.90 Å². The molecule has 94 valence electrons. The Morgan fingerprint density at radius 2 is 1.78 bits per heavy atom. The third kappa shape index (κ3) is 2.06. The Labute approximate surface area is 112 Å². The van der Waals surface area contributed by atoms with Crippen LogP contribution in [0.1, 0.15) is 10.5 Å². The Balaban J connectivity index is 2.67. The predicted molar refractivity (Wildman–Crippen MR) is 68.1 cm³/mol. The largest absolute Gasteiger partial charge is 0.477 e.